The van der Waals surface area contributed by atoms with Crippen molar-refractivity contribution in [3.8, 4) is 0 Å². The third-order valence-electron chi connectivity index (χ3n) is 2.16. The molecule has 15 heavy (non-hydrogen) atoms. The fourth-order valence-electron chi connectivity index (χ4n) is 1.32. The lowest BCUT2D eigenvalue weighted by Crippen LogP contribution is -2.40. The van der Waals surface area contributed by atoms with E-state index in [0.29, 0.717) is 0 Å². The predicted octanol–water partition coefficient (Wildman–Crippen LogP) is -1.79. The quantitative estimate of drug-likeness (QED) is 0.447. The Kier molecular flexibility index (Phi) is 3.87. The third-order valence-corrected chi connectivity index (χ3v) is 2.16. The van der Waals surface area contributed by atoms with Gasteiger partial charge < -0.3 is 25.5 Å². The van der Waals surface area contributed by atoms with Gasteiger partial charge in [0, 0.05) is 6.54 Å². The van der Waals surface area contributed by atoms with Gasteiger partial charge in [-0.3, -0.25) is 4.79 Å². The fourth-order valence-corrected chi connectivity index (χ4v) is 1.32. The zero-order valence-corrected chi connectivity index (χ0v) is 8.09. The van der Waals surface area contributed by atoms with Crippen LogP contribution in [0.5, 0.6) is 0 Å². The smallest absolute Gasteiger partial charge is 0.317 e. The number of aliphatic hydroxyl groups excluding tert-OH is 2. The Hall–Kier alpha value is -1.34. The minimum atomic E-state index is -0.989. The molecule has 0 radical (unpaired) electrons. The number of urea groups is 1. The van der Waals surface area contributed by atoms with Crippen LogP contribution >= 0.6 is 0 Å². The van der Waals surface area contributed by atoms with Gasteiger partial charge in [-0.15, -0.1) is 0 Å². The molecule has 1 fully saturated rings. The lowest BCUT2D eigenvalue weighted by molar-refractivity contribution is -0.136. The number of hydrogen-bond acceptors (Lipinski definition) is 4. The van der Waals surface area contributed by atoms with E-state index in [1.165, 1.54) is 4.90 Å². The number of carboxylic acids is 1. The number of carbonyl (C=O) groups excluding carboxylic acids is 1. The highest BCUT2D eigenvalue weighted by Gasteiger charge is 2.32. The first-order valence-electron chi connectivity index (χ1n) is 4.61. The van der Waals surface area contributed by atoms with Crippen molar-refractivity contribution in [1.82, 2.24) is 10.2 Å². The maximum atomic E-state index is 11.3. The Bertz CT molecular complexity index is 247. The van der Waals surface area contributed by atoms with Gasteiger partial charge in [-0.05, 0) is 0 Å². The molecule has 0 bridgehead atoms. The van der Waals surface area contributed by atoms with Gasteiger partial charge in [0.05, 0.1) is 31.7 Å². The number of rotatable bonds is 3. The summed E-state index contributed by atoms with van der Waals surface area (Å²) in [7, 11) is 0. The topological polar surface area (TPSA) is 110 Å². The molecule has 0 aromatic carbocycles. The van der Waals surface area contributed by atoms with Gasteiger partial charge in [0.25, 0.3) is 0 Å². The standard InChI is InChI=1S/C8H14N2O5/c11-5-3-10(4-6(5)12)8(15)9-2-1-7(13)14/h5-6,11-12H,1-4H2,(H,9,15)(H,13,14). The van der Waals surface area contributed by atoms with Crippen LogP contribution in [0.4, 0.5) is 4.79 Å². The lowest BCUT2D eigenvalue weighted by Gasteiger charge is -2.15. The highest BCUT2D eigenvalue weighted by Crippen LogP contribution is 2.09. The summed E-state index contributed by atoms with van der Waals surface area (Å²) in [5.41, 5.74) is 0. The maximum Gasteiger partial charge on any atom is 0.317 e. The molecule has 0 aliphatic carbocycles. The van der Waals surface area contributed by atoms with Gasteiger partial charge in [0.2, 0.25) is 0 Å². The van der Waals surface area contributed by atoms with Crippen molar-refractivity contribution in [3.63, 3.8) is 0 Å². The molecular formula is C8H14N2O5. The molecule has 4 N–H and O–H groups in total. The minimum absolute atomic E-state index is 0.0385. The highest BCUT2D eigenvalue weighted by molar-refractivity contribution is 5.75. The summed E-state index contributed by atoms with van der Waals surface area (Å²) in [5, 5.41) is 29.0. The van der Waals surface area contributed by atoms with E-state index in [4.69, 9.17) is 15.3 Å². The van der Waals surface area contributed by atoms with Crippen molar-refractivity contribution in [2.75, 3.05) is 19.6 Å². The first-order valence-corrected chi connectivity index (χ1v) is 4.61. The number of carbonyl (C=O) groups is 2. The van der Waals surface area contributed by atoms with Crippen LogP contribution in [0.2, 0.25) is 0 Å². The molecule has 0 aromatic rings. The molecule has 1 aliphatic rings. The minimum Gasteiger partial charge on any atom is -0.481 e. The monoisotopic (exact) mass is 218 g/mol. The molecule has 2 atom stereocenters. The summed E-state index contributed by atoms with van der Waals surface area (Å²) in [5.74, 6) is -0.989. The molecule has 1 aliphatic heterocycles. The van der Waals surface area contributed by atoms with Gasteiger partial charge >= 0.3 is 12.0 Å². The first kappa shape index (κ1) is 11.7. The predicted molar refractivity (Wildman–Crippen MR) is 49.2 cm³/mol. The molecule has 2 amide bonds. The van der Waals surface area contributed by atoms with Gasteiger partial charge in [0.1, 0.15) is 0 Å². The van der Waals surface area contributed by atoms with Crippen molar-refractivity contribution in [1.29, 1.82) is 0 Å². The van der Waals surface area contributed by atoms with Crippen LogP contribution in [0.25, 0.3) is 0 Å². The van der Waals surface area contributed by atoms with E-state index in [2.05, 4.69) is 5.32 Å². The number of nitrogens with one attached hydrogen (secondary N) is 1. The molecule has 7 nitrogen and oxygen atoms in total. The zero-order valence-electron chi connectivity index (χ0n) is 8.09. The lowest BCUT2D eigenvalue weighted by atomic mass is 10.3. The highest BCUT2D eigenvalue weighted by atomic mass is 16.4. The van der Waals surface area contributed by atoms with E-state index >= 15 is 0 Å². The average molecular weight is 218 g/mol. The number of β-amino-alcohol motifs (C(OH)–C–C–N with tert-alkyl or cyclic N) is 2. The Balaban J connectivity index is 2.26. The van der Waals surface area contributed by atoms with Gasteiger partial charge in [-0.25, -0.2) is 4.79 Å². The fraction of sp³-hybridized carbons (Fsp3) is 0.750. The van der Waals surface area contributed by atoms with Gasteiger partial charge in [0.15, 0.2) is 0 Å². The molecule has 0 spiro atoms. The van der Waals surface area contributed by atoms with E-state index in [1.54, 1.807) is 0 Å². The largest absolute Gasteiger partial charge is 0.481 e. The van der Waals surface area contributed by atoms with Crippen LogP contribution in [0.1, 0.15) is 6.42 Å². The number of amides is 2. The summed E-state index contributed by atoms with van der Waals surface area (Å²) in [6.07, 6.45) is -1.99. The van der Waals surface area contributed by atoms with Crippen LogP contribution in [-0.4, -0.2) is 64.1 Å². The average Bonchev–Trinajstić information content (AvgIpc) is 2.46. The number of aliphatic carboxylic acids is 1. The van der Waals surface area contributed by atoms with E-state index in [1.807, 2.05) is 0 Å². The molecule has 1 rings (SSSR count). The van der Waals surface area contributed by atoms with E-state index < -0.39 is 24.2 Å². The van der Waals surface area contributed by atoms with E-state index in [0.717, 1.165) is 0 Å². The Labute approximate surface area is 86.3 Å². The number of aliphatic hydroxyl groups is 2. The SMILES string of the molecule is O=C(O)CCNC(=O)N1CC(O)C(O)C1. The number of hydrogen-bond donors (Lipinski definition) is 4. The second-order valence-electron chi connectivity index (χ2n) is 3.42. The molecule has 86 valence electrons. The summed E-state index contributed by atoms with van der Waals surface area (Å²) in [4.78, 5) is 22.7. The Morgan fingerprint density at radius 1 is 1.27 bits per heavy atom. The second-order valence-corrected chi connectivity index (χ2v) is 3.42. The number of likely N-dealkylation sites (tertiary alicyclic amines) is 1. The summed E-state index contributed by atoms with van der Waals surface area (Å²) in [6.45, 7) is 0.178. The molecule has 1 saturated heterocycles. The van der Waals surface area contributed by atoms with Gasteiger partial charge in [-0.1, -0.05) is 0 Å². The second kappa shape index (κ2) is 4.94. The van der Waals surface area contributed by atoms with Gasteiger partial charge in [-0.2, -0.15) is 0 Å². The van der Waals surface area contributed by atoms with Crippen molar-refractivity contribution >= 4 is 12.0 Å². The third kappa shape index (κ3) is 3.37. The summed E-state index contributed by atoms with van der Waals surface area (Å²) in [6, 6.07) is -0.466. The summed E-state index contributed by atoms with van der Waals surface area (Å²) < 4.78 is 0. The van der Waals surface area contributed by atoms with Crippen LogP contribution < -0.4 is 5.32 Å². The number of carboxylic acid groups (broad SMARTS) is 1. The Morgan fingerprint density at radius 3 is 2.27 bits per heavy atom. The first-order chi connectivity index (χ1) is 7.00. The van der Waals surface area contributed by atoms with Crippen molar-refractivity contribution in [2.24, 2.45) is 0 Å². The normalized spacial score (nSPS) is 25.3. The number of nitrogens with zero attached hydrogens (tertiary/aromatic N) is 1. The van der Waals surface area contributed by atoms with Crippen LogP contribution in [0.3, 0.4) is 0 Å². The zero-order chi connectivity index (χ0) is 11.4. The molecular weight excluding hydrogens is 204 g/mol. The molecule has 0 saturated carbocycles. The van der Waals surface area contributed by atoms with Crippen LogP contribution in [-0.2, 0) is 4.79 Å². The van der Waals surface area contributed by atoms with Crippen LogP contribution in [0.15, 0.2) is 0 Å². The van der Waals surface area contributed by atoms with E-state index in [9.17, 15) is 9.59 Å². The molecule has 2 unspecified atom stereocenters. The van der Waals surface area contributed by atoms with Crippen molar-refractivity contribution < 1.29 is 24.9 Å². The van der Waals surface area contributed by atoms with Crippen molar-refractivity contribution in [2.45, 2.75) is 18.6 Å². The van der Waals surface area contributed by atoms with Crippen LogP contribution in [0, 0.1) is 0 Å². The molecule has 0 aromatic heterocycles. The molecule has 1 heterocycles. The molecule has 7 heteroatoms. The Morgan fingerprint density at radius 2 is 1.80 bits per heavy atom. The maximum absolute atomic E-state index is 11.3. The van der Waals surface area contributed by atoms with E-state index in [-0.39, 0.29) is 26.1 Å². The summed E-state index contributed by atoms with van der Waals surface area (Å²) >= 11 is 0. The van der Waals surface area contributed by atoms with Crippen molar-refractivity contribution in [3.05, 3.63) is 0 Å².